The number of aryl methyl sites for hydroxylation is 2. The van der Waals surface area contributed by atoms with Gasteiger partial charge in [-0.15, -0.1) is 0 Å². The Labute approximate surface area is 195 Å². The molecule has 0 radical (unpaired) electrons. The first-order chi connectivity index (χ1) is 15.9. The number of ether oxygens (including phenoxy) is 2. The first-order valence-corrected chi connectivity index (χ1v) is 11.2. The summed E-state index contributed by atoms with van der Waals surface area (Å²) in [6, 6.07) is 18.9. The molecule has 1 heterocycles. The summed E-state index contributed by atoms with van der Waals surface area (Å²) in [6.45, 7) is 0. The summed E-state index contributed by atoms with van der Waals surface area (Å²) >= 11 is 1.51. The third-order valence-corrected chi connectivity index (χ3v) is 6.52. The topological polar surface area (TPSA) is 74.5 Å². The van der Waals surface area contributed by atoms with Crippen LogP contribution in [0.25, 0.3) is 11.0 Å². The van der Waals surface area contributed by atoms with E-state index in [0.29, 0.717) is 5.69 Å². The lowest BCUT2D eigenvalue weighted by molar-refractivity contribution is -0.115. The number of nitrogens with one attached hydrogen (secondary N) is 1. The van der Waals surface area contributed by atoms with Gasteiger partial charge in [0.05, 0.1) is 37.4 Å². The van der Waals surface area contributed by atoms with E-state index in [0.717, 1.165) is 37.9 Å². The second kappa shape index (κ2) is 9.46. The summed E-state index contributed by atoms with van der Waals surface area (Å²) in [5.74, 6) is 1.37. The van der Waals surface area contributed by atoms with E-state index in [2.05, 4.69) is 5.32 Å². The molecule has 0 atom stereocenters. The van der Waals surface area contributed by atoms with Gasteiger partial charge in [0.1, 0.15) is 11.5 Å². The van der Waals surface area contributed by atoms with Crippen molar-refractivity contribution in [1.29, 1.82) is 0 Å². The Morgan fingerprint density at radius 2 is 1.42 bits per heavy atom. The van der Waals surface area contributed by atoms with E-state index in [1.165, 1.54) is 11.8 Å². The van der Waals surface area contributed by atoms with Crippen LogP contribution in [0.2, 0.25) is 0 Å². The van der Waals surface area contributed by atoms with E-state index in [4.69, 9.17) is 9.47 Å². The molecule has 170 valence electrons. The normalized spacial score (nSPS) is 10.9. The number of anilines is 1. The molecule has 0 fully saturated rings. The van der Waals surface area contributed by atoms with E-state index in [-0.39, 0.29) is 18.0 Å². The lowest BCUT2D eigenvalue weighted by Crippen LogP contribution is -2.19. The first kappa shape index (κ1) is 22.5. The molecule has 0 aliphatic heterocycles. The molecule has 4 rings (SSSR count). The van der Waals surface area contributed by atoms with Crippen LogP contribution >= 0.6 is 11.8 Å². The van der Waals surface area contributed by atoms with Crippen molar-refractivity contribution in [3.8, 4) is 11.5 Å². The van der Waals surface area contributed by atoms with Crippen molar-refractivity contribution in [3.63, 3.8) is 0 Å². The van der Waals surface area contributed by atoms with Crippen molar-refractivity contribution in [1.82, 2.24) is 9.13 Å². The minimum atomic E-state index is -0.142. The zero-order chi connectivity index (χ0) is 23.5. The van der Waals surface area contributed by atoms with E-state index in [1.807, 2.05) is 60.7 Å². The number of aromatic nitrogens is 2. The van der Waals surface area contributed by atoms with Gasteiger partial charge in [0.2, 0.25) is 5.91 Å². The molecule has 0 bridgehead atoms. The van der Waals surface area contributed by atoms with Gasteiger partial charge in [0.15, 0.2) is 0 Å². The molecule has 0 aliphatic carbocycles. The molecular formula is C25H25N3O4S. The molecule has 7 nitrogen and oxygen atoms in total. The number of nitrogens with zero attached hydrogens (tertiary/aromatic N) is 2. The number of hydrogen-bond donors (Lipinski definition) is 1. The van der Waals surface area contributed by atoms with Crippen molar-refractivity contribution in [2.24, 2.45) is 14.1 Å². The lowest BCUT2D eigenvalue weighted by atomic mass is 10.1. The smallest absolute Gasteiger partial charge is 0.328 e. The van der Waals surface area contributed by atoms with Crippen molar-refractivity contribution in [2.75, 3.05) is 19.5 Å². The molecule has 3 aromatic carbocycles. The van der Waals surface area contributed by atoms with Crippen LogP contribution in [0.4, 0.5) is 5.69 Å². The van der Waals surface area contributed by atoms with Crippen LogP contribution in [0.1, 0.15) is 5.56 Å². The fourth-order valence-electron chi connectivity index (χ4n) is 3.60. The van der Waals surface area contributed by atoms with Gasteiger partial charge >= 0.3 is 5.69 Å². The summed E-state index contributed by atoms with van der Waals surface area (Å²) in [4.78, 5) is 27.2. The Hall–Kier alpha value is -3.65. The Kier molecular flexibility index (Phi) is 6.46. The van der Waals surface area contributed by atoms with Gasteiger partial charge in [-0.1, -0.05) is 23.9 Å². The van der Waals surface area contributed by atoms with E-state index in [1.54, 1.807) is 37.4 Å². The quantitative estimate of drug-likeness (QED) is 0.444. The van der Waals surface area contributed by atoms with Crippen LogP contribution in [0.5, 0.6) is 11.5 Å². The number of rotatable bonds is 7. The minimum absolute atomic E-state index is 0.118. The number of benzene rings is 3. The highest BCUT2D eigenvalue weighted by Gasteiger charge is 2.16. The predicted molar refractivity (Wildman–Crippen MR) is 131 cm³/mol. The zero-order valence-corrected chi connectivity index (χ0v) is 19.7. The van der Waals surface area contributed by atoms with Gasteiger partial charge in [-0.05, 0) is 54.1 Å². The zero-order valence-electron chi connectivity index (χ0n) is 18.9. The monoisotopic (exact) mass is 463 g/mol. The SMILES string of the molecule is COc1ccc(CC(=O)Nc2cc3c(cc2Sc2ccc(OC)cc2)n(C)c(=O)n3C)cc1. The average molecular weight is 464 g/mol. The van der Waals surface area contributed by atoms with E-state index < -0.39 is 0 Å². The Morgan fingerprint density at radius 1 is 0.879 bits per heavy atom. The van der Waals surface area contributed by atoms with Crippen LogP contribution in [-0.4, -0.2) is 29.3 Å². The molecule has 1 aromatic heterocycles. The van der Waals surface area contributed by atoms with Gasteiger partial charge in [0.25, 0.3) is 0 Å². The highest BCUT2D eigenvalue weighted by molar-refractivity contribution is 7.99. The Bertz CT molecular complexity index is 1360. The molecule has 0 spiro atoms. The number of amides is 1. The number of carbonyl (C=O) groups is 1. The van der Waals surface area contributed by atoms with Gasteiger partial charge < -0.3 is 14.8 Å². The molecule has 1 N–H and O–H groups in total. The van der Waals surface area contributed by atoms with Crippen LogP contribution in [-0.2, 0) is 25.3 Å². The Balaban J connectivity index is 1.67. The van der Waals surface area contributed by atoms with Crippen LogP contribution in [0.15, 0.2) is 75.2 Å². The molecular weight excluding hydrogens is 438 g/mol. The third kappa shape index (κ3) is 4.75. The van der Waals surface area contributed by atoms with Gasteiger partial charge in [-0.2, -0.15) is 0 Å². The average Bonchev–Trinajstić information content (AvgIpc) is 3.03. The fourth-order valence-corrected chi connectivity index (χ4v) is 4.52. The second-order valence-corrected chi connectivity index (χ2v) is 8.70. The second-order valence-electron chi connectivity index (χ2n) is 7.59. The van der Waals surface area contributed by atoms with Gasteiger partial charge in [0, 0.05) is 23.9 Å². The van der Waals surface area contributed by atoms with Gasteiger partial charge in [-0.25, -0.2) is 4.79 Å². The molecule has 0 saturated heterocycles. The van der Waals surface area contributed by atoms with E-state index >= 15 is 0 Å². The van der Waals surface area contributed by atoms with Gasteiger partial charge in [-0.3, -0.25) is 13.9 Å². The highest BCUT2D eigenvalue weighted by Crippen LogP contribution is 2.37. The van der Waals surface area contributed by atoms with Crippen molar-refractivity contribution >= 4 is 34.4 Å². The highest BCUT2D eigenvalue weighted by atomic mass is 32.2. The number of methoxy groups -OCH3 is 2. The standard InChI is InChI=1S/C25H25N3O4S/c1-27-21-14-20(26-24(29)13-16-5-7-17(31-3)8-6-16)23(15-22(21)28(2)25(27)30)33-19-11-9-18(32-4)10-12-19/h5-12,14-15H,13H2,1-4H3,(H,26,29). The summed E-state index contributed by atoms with van der Waals surface area (Å²) < 4.78 is 13.6. The molecule has 1 amide bonds. The number of hydrogen-bond acceptors (Lipinski definition) is 5. The summed E-state index contributed by atoms with van der Waals surface area (Å²) in [5.41, 5.74) is 2.97. The molecule has 33 heavy (non-hydrogen) atoms. The minimum Gasteiger partial charge on any atom is -0.497 e. The molecule has 0 unspecified atom stereocenters. The molecule has 4 aromatic rings. The van der Waals surface area contributed by atoms with Crippen LogP contribution in [0, 0.1) is 0 Å². The fraction of sp³-hybridized carbons (Fsp3) is 0.200. The third-order valence-electron chi connectivity index (χ3n) is 5.46. The molecule has 8 heteroatoms. The van der Waals surface area contributed by atoms with Crippen molar-refractivity contribution in [3.05, 3.63) is 76.7 Å². The lowest BCUT2D eigenvalue weighted by Gasteiger charge is -2.13. The summed E-state index contributed by atoms with van der Waals surface area (Å²) in [6.07, 6.45) is 0.225. The summed E-state index contributed by atoms with van der Waals surface area (Å²) in [7, 11) is 6.71. The largest absolute Gasteiger partial charge is 0.497 e. The maximum absolute atomic E-state index is 12.9. The Morgan fingerprint density at radius 3 is 2.00 bits per heavy atom. The van der Waals surface area contributed by atoms with Crippen molar-refractivity contribution in [2.45, 2.75) is 16.2 Å². The van der Waals surface area contributed by atoms with Crippen LogP contribution < -0.4 is 20.5 Å². The molecule has 0 aliphatic rings. The first-order valence-electron chi connectivity index (χ1n) is 10.3. The maximum atomic E-state index is 12.9. The van der Waals surface area contributed by atoms with Crippen molar-refractivity contribution < 1.29 is 14.3 Å². The number of fused-ring (bicyclic) bond motifs is 1. The summed E-state index contributed by atoms with van der Waals surface area (Å²) in [5, 5.41) is 3.04. The number of imidazole rings is 1. The number of carbonyl (C=O) groups excluding carboxylic acids is 1. The maximum Gasteiger partial charge on any atom is 0.328 e. The van der Waals surface area contributed by atoms with E-state index in [9.17, 15) is 9.59 Å². The molecule has 0 saturated carbocycles. The van der Waals surface area contributed by atoms with Crippen LogP contribution in [0.3, 0.4) is 0 Å². The predicted octanol–water partition coefficient (Wildman–Crippen LogP) is 4.23.